The highest BCUT2D eigenvalue weighted by Crippen LogP contribution is 2.48. The van der Waals surface area contributed by atoms with Gasteiger partial charge < -0.3 is 5.11 Å². The molecule has 2 rings (SSSR count). The minimum absolute atomic E-state index is 0.0413. The van der Waals surface area contributed by atoms with Gasteiger partial charge in [-0.3, -0.25) is 9.59 Å². The van der Waals surface area contributed by atoms with Crippen molar-refractivity contribution in [3.8, 4) is 0 Å². The van der Waals surface area contributed by atoms with Crippen molar-refractivity contribution in [1.82, 2.24) is 0 Å². The number of hydrogen-bond donors (Lipinski definition) is 1. The molecule has 2 fully saturated rings. The molecule has 100 valence electrons. The summed E-state index contributed by atoms with van der Waals surface area (Å²) in [7, 11) is 0. The van der Waals surface area contributed by atoms with Gasteiger partial charge in [0.2, 0.25) is 0 Å². The largest absolute Gasteiger partial charge is 0.388 e. The summed E-state index contributed by atoms with van der Waals surface area (Å²) in [6.45, 7) is 7.50. The second-order valence-corrected chi connectivity index (χ2v) is 6.21. The Kier molecular flexibility index (Phi) is 3.22. The molecule has 0 bridgehead atoms. The van der Waals surface area contributed by atoms with Crippen LogP contribution in [0.25, 0.3) is 0 Å². The van der Waals surface area contributed by atoms with E-state index in [0.717, 1.165) is 12.0 Å². The van der Waals surface area contributed by atoms with Gasteiger partial charge in [-0.25, -0.2) is 0 Å². The van der Waals surface area contributed by atoms with Gasteiger partial charge >= 0.3 is 0 Å². The third kappa shape index (κ3) is 1.76. The fourth-order valence-electron chi connectivity index (χ4n) is 3.48. The average molecular weight is 250 g/mol. The Morgan fingerprint density at radius 1 is 1.28 bits per heavy atom. The van der Waals surface area contributed by atoms with Gasteiger partial charge in [-0.15, -0.1) is 0 Å². The summed E-state index contributed by atoms with van der Waals surface area (Å²) < 4.78 is 0. The maximum Gasteiger partial charge on any atom is 0.160 e. The standard InChI is InChI=1S/C15H22O3/c1-8(2)12-11(16)7-10(4)15(18)6-5-9(3)14(17)13(12)15/h9-10,13,18H,5-7H2,1-4H3/t9-,10+,13+,15-/m0/s1. The molecule has 2 aliphatic carbocycles. The van der Waals surface area contributed by atoms with Crippen LogP contribution in [0.2, 0.25) is 0 Å². The van der Waals surface area contributed by atoms with E-state index in [0.29, 0.717) is 18.4 Å². The molecule has 1 N–H and O–H groups in total. The van der Waals surface area contributed by atoms with Crippen molar-refractivity contribution < 1.29 is 14.7 Å². The molecule has 0 aromatic heterocycles. The van der Waals surface area contributed by atoms with Crippen LogP contribution in [0.4, 0.5) is 0 Å². The molecular weight excluding hydrogens is 228 g/mol. The van der Waals surface area contributed by atoms with Gasteiger partial charge in [0, 0.05) is 17.9 Å². The van der Waals surface area contributed by atoms with Gasteiger partial charge in [0.05, 0.1) is 11.5 Å². The van der Waals surface area contributed by atoms with Crippen molar-refractivity contribution in [1.29, 1.82) is 0 Å². The smallest absolute Gasteiger partial charge is 0.160 e. The lowest BCUT2D eigenvalue weighted by Gasteiger charge is -2.49. The monoisotopic (exact) mass is 250 g/mol. The predicted octanol–water partition coefficient (Wildman–Crippen LogP) is 2.28. The highest BCUT2D eigenvalue weighted by Gasteiger charge is 2.55. The molecule has 0 aromatic rings. The Balaban J connectivity index is 2.56. The third-order valence-corrected chi connectivity index (χ3v) is 4.72. The van der Waals surface area contributed by atoms with E-state index in [1.54, 1.807) is 0 Å². The summed E-state index contributed by atoms with van der Waals surface area (Å²) in [5, 5.41) is 10.9. The molecular formula is C15H22O3. The van der Waals surface area contributed by atoms with E-state index in [1.807, 2.05) is 27.7 Å². The van der Waals surface area contributed by atoms with Crippen molar-refractivity contribution in [2.45, 2.75) is 52.6 Å². The molecule has 0 unspecified atom stereocenters. The van der Waals surface area contributed by atoms with Crippen LogP contribution >= 0.6 is 0 Å². The summed E-state index contributed by atoms with van der Waals surface area (Å²) in [6.07, 6.45) is 1.70. The normalized spacial score (nSPS) is 40.7. The Bertz CT molecular complexity index is 431. The molecule has 0 saturated heterocycles. The number of Topliss-reactive ketones (excluding diaryl/α,β-unsaturated/α-hetero) is 2. The minimum Gasteiger partial charge on any atom is -0.388 e. The first-order chi connectivity index (χ1) is 8.29. The first kappa shape index (κ1) is 13.5. The van der Waals surface area contributed by atoms with Gasteiger partial charge in [0.25, 0.3) is 0 Å². The lowest BCUT2D eigenvalue weighted by atomic mass is 9.57. The van der Waals surface area contributed by atoms with E-state index in [2.05, 4.69) is 0 Å². The number of ketones is 2. The number of hydrogen-bond acceptors (Lipinski definition) is 3. The fourth-order valence-corrected chi connectivity index (χ4v) is 3.48. The van der Waals surface area contributed by atoms with Crippen molar-refractivity contribution in [3.05, 3.63) is 11.1 Å². The van der Waals surface area contributed by atoms with Crippen LogP contribution in [-0.2, 0) is 9.59 Å². The van der Waals surface area contributed by atoms with Crippen LogP contribution in [0.1, 0.15) is 47.0 Å². The van der Waals surface area contributed by atoms with Gasteiger partial charge in [-0.05, 0) is 32.6 Å². The van der Waals surface area contributed by atoms with Gasteiger partial charge in [0.15, 0.2) is 5.78 Å². The fraction of sp³-hybridized carbons (Fsp3) is 0.733. The van der Waals surface area contributed by atoms with Crippen LogP contribution in [-0.4, -0.2) is 22.3 Å². The quantitative estimate of drug-likeness (QED) is 0.671. The highest BCUT2D eigenvalue weighted by atomic mass is 16.3. The highest BCUT2D eigenvalue weighted by molar-refractivity contribution is 6.05. The zero-order chi connectivity index (χ0) is 13.7. The molecule has 0 aromatic carbocycles. The van der Waals surface area contributed by atoms with Crippen LogP contribution in [0.5, 0.6) is 0 Å². The van der Waals surface area contributed by atoms with Crippen molar-refractivity contribution >= 4 is 11.6 Å². The van der Waals surface area contributed by atoms with Crippen molar-refractivity contribution in [2.24, 2.45) is 17.8 Å². The van der Waals surface area contributed by atoms with Gasteiger partial charge in [0.1, 0.15) is 5.78 Å². The minimum atomic E-state index is -1.01. The Hall–Kier alpha value is -0.960. The molecule has 18 heavy (non-hydrogen) atoms. The molecule has 3 heteroatoms. The van der Waals surface area contributed by atoms with Crippen molar-refractivity contribution in [2.75, 3.05) is 0 Å². The molecule has 0 radical (unpaired) electrons. The maximum atomic E-state index is 12.4. The first-order valence-electron chi connectivity index (χ1n) is 6.75. The molecule has 0 amide bonds. The third-order valence-electron chi connectivity index (χ3n) is 4.72. The summed E-state index contributed by atoms with van der Waals surface area (Å²) >= 11 is 0. The Labute approximate surface area is 108 Å². The topological polar surface area (TPSA) is 54.4 Å². The molecule has 3 nitrogen and oxygen atoms in total. The van der Waals surface area contributed by atoms with E-state index in [-0.39, 0.29) is 23.4 Å². The van der Waals surface area contributed by atoms with E-state index >= 15 is 0 Å². The number of rotatable bonds is 0. The van der Waals surface area contributed by atoms with Gasteiger partial charge in [-0.1, -0.05) is 19.4 Å². The van der Waals surface area contributed by atoms with E-state index in [1.165, 1.54) is 0 Å². The zero-order valence-corrected chi connectivity index (χ0v) is 11.6. The van der Waals surface area contributed by atoms with Crippen LogP contribution in [0.15, 0.2) is 11.1 Å². The van der Waals surface area contributed by atoms with E-state index in [9.17, 15) is 14.7 Å². The second kappa shape index (κ2) is 4.30. The van der Waals surface area contributed by atoms with Crippen LogP contribution < -0.4 is 0 Å². The van der Waals surface area contributed by atoms with Gasteiger partial charge in [-0.2, -0.15) is 0 Å². The number of fused-ring (bicyclic) bond motifs is 1. The lowest BCUT2D eigenvalue weighted by molar-refractivity contribution is -0.155. The molecule has 0 spiro atoms. The zero-order valence-electron chi connectivity index (χ0n) is 11.6. The average Bonchev–Trinajstić information content (AvgIpc) is 2.27. The number of carbonyl (C=O) groups is 2. The first-order valence-corrected chi connectivity index (χ1v) is 6.75. The SMILES string of the molecule is CC(C)=C1C(=O)C[C@@H](C)[C@@]2(O)CC[C@H](C)C(=O)[C@@H]12. The Morgan fingerprint density at radius 3 is 2.44 bits per heavy atom. The van der Waals surface area contributed by atoms with Crippen LogP contribution in [0.3, 0.4) is 0 Å². The summed E-state index contributed by atoms with van der Waals surface area (Å²) in [4.78, 5) is 24.6. The second-order valence-electron chi connectivity index (χ2n) is 6.21. The lowest BCUT2D eigenvalue weighted by Crippen LogP contribution is -2.57. The predicted molar refractivity (Wildman–Crippen MR) is 69.0 cm³/mol. The molecule has 0 heterocycles. The summed E-state index contributed by atoms with van der Waals surface area (Å²) in [6, 6.07) is 0. The van der Waals surface area contributed by atoms with Crippen molar-refractivity contribution in [3.63, 3.8) is 0 Å². The summed E-state index contributed by atoms with van der Waals surface area (Å²) in [5.74, 6) is -0.695. The Morgan fingerprint density at radius 2 is 1.89 bits per heavy atom. The maximum absolute atomic E-state index is 12.4. The molecule has 2 aliphatic rings. The number of carbonyl (C=O) groups excluding carboxylic acids is 2. The van der Waals surface area contributed by atoms with E-state index < -0.39 is 11.5 Å². The molecule has 2 saturated carbocycles. The molecule has 0 aliphatic heterocycles. The summed E-state index contributed by atoms with van der Waals surface area (Å²) in [5.41, 5.74) is 0.439. The number of aliphatic hydroxyl groups is 1. The van der Waals surface area contributed by atoms with E-state index in [4.69, 9.17) is 0 Å². The molecule has 4 atom stereocenters. The number of allylic oxidation sites excluding steroid dienone is 1. The van der Waals surface area contributed by atoms with Crippen LogP contribution in [0, 0.1) is 17.8 Å².